The van der Waals surface area contributed by atoms with Gasteiger partial charge in [0.2, 0.25) is 0 Å². The summed E-state index contributed by atoms with van der Waals surface area (Å²) < 4.78 is 21.6. The number of phosphoric ester groups is 1. The van der Waals surface area contributed by atoms with Gasteiger partial charge in [-0.25, -0.2) is 14.5 Å². The normalized spacial score (nSPS) is 28.5. The number of nitrogens with zero attached hydrogens (tertiary/aromatic N) is 3. The molecule has 0 aromatic carbocycles. The maximum Gasteiger partial charge on any atom is 0.469 e. The molecule has 1 aliphatic heterocycles. The van der Waals surface area contributed by atoms with Crippen molar-refractivity contribution in [2.24, 2.45) is 0 Å². The van der Waals surface area contributed by atoms with Crippen molar-refractivity contribution in [2.75, 3.05) is 6.61 Å². The van der Waals surface area contributed by atoms with Gasteiger partial charge in [-0.05, 0) is 0 Å². The Kier molecular flexibility index (Phi) is 4.06. The number of ether oxygens (including phenoxy) is 1. The first-order chi connectivity index (χ1) is 10.8. The van der Waals surface area contributed by atoms with Crippen LogP contribution in [-0.2, 0) is 13.8 Å². The van der Waals surface area contributed by atoms with Gasteiger partial charge in [-0.1, -0.05) is 0 Å². The topological polar surface area (TPSA) is 180 Å². The van der Waals surface area contributed by atoms with Crippen LogP contribution in [0.4, 0.5) is 0 Å². The van der Waals surface area contributed by atoms with Gasteiger partial charge in [0, 0.05) is 0 Å². The van der Waals surface area contributed by atoms with E-state index >= 15 is 0 Å². The molecule has 1 fully saturated rings. The molecule has 4 atom stereocenters. The Bertz CT molecular complexity index is 815. The van der Waals surface area contributed by atoms with Gasteiger partial charge >= 0.3 is 7.82 Å². The van der Waals surface area contributed by atoms with Crippen LogP contribution in [-0.4, -0.2) is 64.4 Å². The summed E-state index contributed by atoms with van der Waals surface area (Å²) >= 11 is 0. The van der Waals surface area contributed by atoms with E-state index in [9.17, 15) is 19.6 Å². The zero-order chi connectivity index (χ0) is 16.8. The van der Waals surface area contributed by atoms with E-state index in [-0.39, 0.29) is 11.2 Å². The molecule has 13 heteroatoms. The molecule has 0 spiro atoms. The van der Waals surface area contributed by atoms with Crippen LogP contribution in [0, 0.1) is 0 Å². The minimum Gasteiger partial charge on any atom is -0.387 e. The summed E-state index contributed by atoms with van der Waals surface area (Å²) in [5, 5.41) is 20.0. The minimum absolute atomic E-state index is 0.0210. The van der Waals surface area contributed by atoms with Crippen LogP contribution >= 0.6 is 7.82 Å². The van der Waals surface area contributed by atoms with Crippen LogP contribution in [0.2, 0.25) is 0 Å². The zero-order valence-corrected chi connectivity index (χ0v) is 12.3. The summed E-state index contributed by atoms with van der Waals surface area (Å²) in [6.07, 6.45) is -2.85. The molecule has 1 saturated heterocycles. The van der Waals surface area contributed by atoms with Crippen molar-refractivity contribution >= 4 is 19.0 Å². The lowest BCUT2D eigenvalue weighted by Crippen LogP contribution is -2.33. The standard InChI is InChI=1S/C10H13N4O8P/c15-6-4(1-21-23(18,19)20)22-10(7(6)16)14-3-13-5-8(14)11-2-12-9(5)17/h2-4,6-7,10,15-16H,1H2,(H,11,12,17)(H2,18,19,20)/t4-,6-,7-,10-/m1/s1/i1+1,2+1,3+1,4+1,5+1,6+1,7+1,8+1,9+1,10+1,11+1,12+1,13+1,14+1. The van der Waals surface area contributed by atoms with E-state index in [0.29, 0.717) is 0 Å². The lowest BCUT2D eigenvalue weighted by Gasteiger charge is -2.16. The molecular formula is C10H13N4O8P. The third kappa shape index (κ3) is 3.05. The Morgan fingerprint density at radius 3 is 2.78 bits per heavy atom. The van der Waals surface area contributed by atoms with Crippen molar-refractivity contribution in [1.29, 1.82) is 0 Å². The van der Waals surface area contributed by atoms with Gasteiger partial charge in [-0.3, -0.25) is 13.9 Å². The molecule has 0 unspecified atom stereocenters. The molecule has 0 amide bonds. The number of aromatic amines is 1. The van der Waals surface area contributed by atoms with Crippen molar-refractivity contribution in [3.8, 4) is 0 Å². The average molecular weight is 362 g/mol. The van der Waals surface area contributed by atoms with Crippen molar-refractivity contribution in [3.05, 3.63) is 23.0 Å². The highest BCUT2D eigenvalue weighted by Gasteiger charge is 2.45. The highest BCUT2D eigenvalue weighted by molar-refractivity contribution is 7.46. The zero-order valence-electron chi connectivity index (χ0n) is 11.4. The van der Waals surface area contributed by atoms with Crippen LogP contribution in [0.3, 0.4) is 0 Å². The average Bonchev–Trinajstić information content (AvgIpc) is 3.01. The summed E-state index contributed by atoms with van der Waals surface area (Å²) in [6, 6.07) is 0. The molecule has 0 aliphatic carbocycles. The Labute approximate surface area is 127 Å². The first-order valence-corrected chi connectivity index (χ1v) is 7.93. The molecule has 23 heavy (non-hydrogen) atoms. The van der Waals surface area contributed by atoms with Gasteiger partial charge in [0.25, 0.3) is 5.56 Å². The molecule has 3 rings (SSSR count). The highest BCUT2D eigenvalue weighted by atomic mass is 31.2. The molecule has 2 aromatic rings. The largest absolute Gasteiger partial charge is 0.469 e. The van der Waals surface area contributed by atoms with Crippen molar-refractivity contribution in [1.82, 2.24) is 19.5 Å². The number of hydrogen-bond donors (Lipinski definition) is 5. The van der Waals surface area contributed by atoms with Gasteiger partial charge < -0.3 is 29.7 Å². The summed E-state index contributed by atoms with van der Waals surface area (Å²) in [5.74, 6) is 0. The molecule has 0 saturated carbocycles. The van der Waals surface area contributed by atoms with Crippen LogP contribution in [0.1, 0.15) is 6.23 Å². The number of aliphatic hydroxyl groups excluding tert-OH is 2. The quantitative estimate of drug-likeness (QED) is 0.297. The third-order valence-electron chi connectivity index (χ3n) is 3.38. The van der Waals surface area contributed by atoms with E-state index in [2.05, 4.69) is 19.5 Å². The molecule has 5 N–H and O–H groups in total. The molecule has 12 nitrogen and oxygen atoms in total. The van der Waals surface area contributed by atoms with E-state index in [1.54, 1.807) is 0 Å². The molecule has 0 bridgehead atoms. The van der Waals surface area contributed by atoms with Crippen molar-refractivity contribution in [3.63, 3.8) is 0 Å². The Morgan fingerprint density at radius 1 is 1.35 bits per heavy atom. The Hall–Kier alpha value is -1.66. The fourth-order valence-corrected chi connectivity index (χ4v) is 2.66. The van der Waals surface area contributed by atoms with Gasteiger partial charge in [0.1, 0.15) is 18.3 Å². The maximum absolute atomic E-state index is 11.6. The number of fused-ring (bicyclic) bond motifs is 1. The third-order valence-corrected chi connectivity index (χ3v) is 3.87. The summed E-state index contributed by atoms with van der Waals surface area (Å²) in [4.78, 5) is 39.1. The monoisotopic (exact) mass is 362 g/mol. The molecule has 3 heterocycles. The van der Waals surface area contributed by atoms with Gasteiger partial charge in [0.05, 0.1) is 19.3 Å². The Morgan fingerprint density at radius 2 is 2.09 bits per heavy atom. The lowest BCUT2D eigenvalue weighted by molar-refractivity contribution is -0.0504. The second kappa shape index (κ2) is 5.76. The van der Waals surface area contributed by atoms with Crippen molar-refractivity contribution < 1.29 is 33.8 Å². The second-order valence-electron chi connectivity index (χ2n) is 4.89. The first-order valence-electron chi connectivity index (χ1n) is 6.40. The maximum atomic E-state index is 11.6. The minimum atomic E-state index is -4.74. The van der Waals surface area contributed by atoms with E-state index in [0.717, 1.165) is 6.33 Å². The van der Waals surface area contributed by atoms with Crippen LogP contribution < -0.4 is 5.56 Å². The number of aromatic nitrogens is 4. The van der Waals surface area contributed by atoms with E-state index < -0.39 is 44.5 Å². The molecule has 1 aliphatic rings. The van der Waals surface area contributed by atoms with Crippen LogP contribution in [0.5, 0.6) is 0 Å². The van der Waals surface area contributed by atoms with Gasteiger partial charge in [0.15, 0.2) is 17.4 Å². The second-order valence-corrected chi connectivity index (χ2v) is 6.13. The van der Waals surface area contributed by atoms with Gasteiger partial charge in [-0.2, -0.15) is 0 Å². The highest BCUT2D eigenvalue weighted by Crippen LogP contribution is 2.38. The summed E-state index contributed by atoms with van der Waals surface area (Å²) in [5.41, 5.74) is -0.336. The Balaban J connectivity index is 1.87. The first kappa shape index (κ1) is 16.2. The SMILES string of the molecule is O=[13c]1[15nH][13cH][15n][13c]2[13c]1[15n][13cH][15n]2[13C@@H]1O[13C@H]([13CH2]OP(=O)(O)O)[13C@@H](O)[13C@H]1O. The van der Waals surface area contributed by atoms with E-state index in [1.165, 1.54) is 10.9 Å². The molecule has 0 radical (unpaired) electrons. The summed E-state index contributed by atoms with van der Waals surface area (Å²) in [7, 11) is -4.74. The van der Waals surface area contributed by atoms with E-state index in [1.807, 2.05) is 0 Å². The fourth-order valence-electron chi connectivity index (χ4n) is 2.32. The smallest absolute Gasteiger partial charge is 0.387 e. The van der Waals surface area contributed by atoms with Gasteiger partial charge in [-0.15, -0.1) is 0 Å². The number of phosphoric acid groups is 1. The molecule has 126 valence electrons. The number of rotatable bonds is 4. The fraction of sp³-hybridized carbons (Fsp3) is 0.500. The predicted molar refractivity (Wildman–Crippen MR) is 72.1 cm³/mol. The molecule has 2 aromatic heterocycles. The molecular weight excluding hydrogens is 349 g/mol. The van der Waals surface area contributed by atoms with Crippen molar-refractivity contribution in [2.45, 2.75) is 24.5 Å². The number of imidazole rings is 1. The van der Waals surface area contributed by atoms with E-state index in [4.69, 9.17) is 14.5 Å². The predicted octanol–water partition coefficient (Wildman–Crippen LogP) is -2.15. The lowest BCUT2D eigenvalue weighted by atomic mass is 11.1. The number of aliphatic hydroxyl groups is 2. The number of nitrogens with one attached hydrogen (secondary N) is 1. The number of H-pyrrole nitrogens is 1. The van der Waals surface area contributed by atoms with Crippen LogP contribution in [0.25, 0.3) is 11.2 Å². The number of hydrogen-bond acceptors (Lipinski definition) is 8. The van der Waals surface area contributed by atoms with Crippen LogP contribution in [0.15, 0.2) is 17.4 Å². The summed E-state index contributed by atoms with van der Waals surface area (Å²) in [6.45, 7) is -0.625.